The summed E-state index contributed by atoms with van der Waals surface area (Å²) in [5.74, 6) is -0.474. The van der Waals surface area contributed by atoms with Crippen molar-refractivity contribution in [3.05, 3.63) is 29.8 Å². The maximum Gasteiger partial charge on any atom is 0.422 e. The normalized spacial score (nSPS) is 22.7. The van der Waals surface area contributed by atoms with Crippen LogP contribution in [0.5, 0.6) is 5.75 Å². The van der Waals surface area contributed by atoms with Crippen molar-refractivity contribution >= 4 is 12.1 Å². The zero-order valence-corrected chi connectivity index (χ0v) is 15.9. The maximum atomic E-state index is 12.3. The Balaban J connectivity index is 2.36. The van der Waals surface area contributed by atoms with Gasteiger partial charge in [0, 0.05) is 0 Å². The van der Waals surface area contributed by atoms with Crippen molar-refractivity contribution in [2.75, 3.05) is 7.11 Å². The highest BCUT2D eigenvalue weighted by Gasteiger charge is 2.52. The third-order valence-electron chi connectivity index (χ3n) is 3.87. The van der Waals surface area contributed by atoms with Crippen molar-refractivity contribution < 1.29 is 28.9 Å². The van der Waals surface area contributed by atoms with Gasteiger partial charge in [0.25, 0.3) is 0 Å². The number of hydrogen-bond donors (Lipinski definition) is 2. The van der Waals surface area contributed by atoms with E-state index in [9.17, 15) is 14.7 Å². The Morgan fingerprint density at radius 3 is 2.27 bits per heavy atom. The number of hydrogen-bond acceptors (Lipinski definition) is 6. The molecule has 0 saturated carbocycles. The van der Waals surface area contributed by atoms with Gasteiger partial charge in [0.1, 0.15) is 17.1 Å². The number of ether oxygens (including phenoxy) is 3. The van der Waals surface area contributed by atoms with Gasteiger partial charge in [-0.15, -0.1) is 0 Å². The SMILES string of the molecule is COc1ccc([C@H]2[C@H](C(=O)O)OC(C)(C)N2NC(=O)OC(C)(C)C)cc1. The first kappa shape index (κ1) is 20.0. The molecule has 1 aromatic rings. The van der Waals surface area contributed by atoms with Gasteiger partial charge in [-0.1, -0.05) is 12.1 Å². The molecule has 144 valence electrons. The Hall–Kier alpha value is -2.32. The third-order valence-corrected chi connectivity index (χ3v) is 3.87. The van der Waals surface area contributed by atoms with Crippen LogP contribution in [0.3, 0.4) is 0 Å². The molecule has 0 radical (unpaired) electrons. The molecule has 8 nitrogen and oxygen atoms in total. The molecule has 26 heavy (non-hydrogen) atoms. The summed E-state index contributed by atoms with van der Waals surface area (Å²) in [5, 5.41) is 11.1. The van der Waals surface area contributed by atoms with E-state index in [1.165, 1.54) is 5.01 Å². The summed E-state index contributed by atoms with van der Waals surface area (Å²) < 4.78 is 16.1. The second-order valence-corrected chi connectivity index (χ2v) is 7.53. The van der Waals surface area contributed by atoms with E-state index in [0.717, 1.165) is 0 Å². The van der Waals surface area contributed by atoms with Crippen LogP contribution in [0.4, 0.5) is 4.79 Å². The van der Waals surface area contributed by atoms with Crippen molar-refractivity contribution in [1.82, 2.24) is 10.4 Å². The zero-order chi connectivity index (χ0) is 19.7. The van der Waals surface area contributed by atoms with Crippen molar-refractivity contribution in [2.45, 2.75) is 58.1 Å². The Bertz CT molecular complexity index is 665. The molecule has 1 aromatic carbocycles. The summed E-state index contributed by atoms with van der Waals surface area (Å²) in [6.07, 6.45) is -1.84. The van der Waals surface area contributed by atoms with Crippen LogP contribution in [0.15, 0.2) is 24.3 Å². The molecule has 2 rings (SSSR count). The van der Waals surface area contributed by atoms with E-state index in [2.05, 4.69) is 5.43 Å². The third kappa shape index (κ3) is 4.44. The molecule has 1 aliphatic rings. The number of carboxylic acids is 1. The fourth-order valence-corrected chi connectivity index (χ4v) is 2.82. The van der Waals surface area contributed by atoms with Gasteiger partial charge in [-0.25, -0.2) is 9.59 Å². The van der Waals surface area contributed by atoms with Crippen LogP contribution in [-0.4, -0.2) is 46.7 Å². The van der Waals surface area contributed by atoms with E-state index in [1.54, 1.807) is 66.0 Å². The van der Waals surface area contributed by atoms with Gasteiger partial charge in [0.15, 0.2) is 6.10 Å². The zero-order valence-electron chi connectivity index (χ0n) is 15.9. The number of benzene rings is 1. The number of carbonyl (C=O) groups excluding carboxylic acids is 1. The molecule has 2 N–H and O–H groups in total. The minimum Gasteiger partial charge on any atom is -0.497 e. The summed E-state index contributed by atoms with van der Waals surface area (Å²) >= 11 is 0. The molecule has 0 bridgehead atoms. The average Bonchev–Trinajstić information content (AvgIpc) is 2.77. The van der Waals surface area contributed by atoms with E-state index in [4.69, 9.17) is 14.2 Å². The predicted octanol–water partition coefficient (Wildman–Crippen LogP) is 2.70. The van der Waals surface area contributed by atoms with E-state index in [-0.39, 0.29) is 0 Å². The number of hydrazine groups is 1. The Morgan fingerprint density at radius 2 is 1.81 bits per heavy atom. The molecule has 1 amide bonds. The highest BCUT2D eigenvalue weighted by Crippen LogP contribution is 2.40. The first-order valence-corrected chi connectivity index (χ1v) is 8.28. The van der Waals surface area contributed by atoms with Gasteiger partial charge >= 0.3 is 12.1 Å². The summed E-state index contributed by atoms with van der Waals surface area (Å²) in [6.45, 7) is 8.62. The molecule has 1 heterocycles. The maximum absolute atomic E-state index is 12.3. The second kappa shape index (κ2) is 7.13. The highest BCUT2D eigenvalue weighted by atomic mass is 16.6. The summed E-state index contributed by atoms with van der Waals surface area (Å²) in [6, 6.07) is 6.21. The molecule has 1 aliphatic heterocycles. The summed E-state index contributed by atoms with van der Waals surface area (Å²) in [4.78, 5) is 24.0. The van der Waals surface area contributed by atoms with Gasteiger partial charge < -0.3 is 19.3 Å². The largest absolute Gasteiger partial charge is 0.497 e. The lowest BCUT2D eigenvalue weighted by atomic mass is 10.0. The fraction of sp³-hybridized carbons (Fsp3) is 0.556. The van der Waals surface area contributed by atoms with Crippen LogP contribution in [-0.2, 0) is 14.3 Å². The molecule has 0 aliphatic carbocycles. The Labute approximate surface area is 153 Å². The van der Waals surface area contributed by atoms with Gasteiger partial charge in [-0.3, -0.25) is 5.43 Å². The monoisotopic (exact) mass is 366 g/mol. The smallest absolute Gasteiger partial charge is 0.422 e. The molecular formula is C18H26N2O6. The average molecular weight is 366 g/mol. The first-order valence-electron chi connectivity index (χ1n) is 8.28. The second-order valence-electron chi connectivity index (χ2n) is 7.53. The molecule has 0 spiro atoms. The number of methoxy groups -OCH3 is 1. The number of carboxylic acid groups (broad SMARTS) is 1. The van der Waals surface area contributed by atoms with Crippen LogP contribution >= 0.6 is 0 Å². The lowest BCUT2D eigenvalue weighted by Gasteiger charge is -2.34. The van der Waals surface area contributed by atoms with Crippen molar-refractivity contribution in [3.8, 4) is 5.75 Å². The van der Waals surface area contributed by atoms with E-state index in [0.29, 0.717) is 11.3 Å². The van der Waals surface area contributed by atoms with E-state index >= 15 is 0 Å². The molecule has 0 unspecified atom stereocenters. The van der Waals surface area contributed by atoms with Gasteiger partial charge in [0.05, 0.1) is 13.2 Å². The van der Waals surface area contributed by atoms with Crippen molar-refractivity contribution in [3.63, 3.8) is 0 Å². The van der Waals surface area contributed by atoms with Crippen LogP contribution in [0.25, 0.3) is 0 Å². The standard InChI is InChI=1S/C18H26N2O6/c1-17(2,3)26-16(23)19-20-13(11-7-9-12(24-6)10-8-11)14(15(21)22)25-18(20,4)5/h7-10,13-14H,1-6H3,(H,19,23)(H,21,22)/t13-,14+/m0/s1. The van der Waals surface area contributed by atoms with Crippen LogP contribution in [0.1, 0.15) is 46.2 Å². The van der Waals surface area contributed by atoms with Gasteiger partial charge in [0.2, 0.25) is 0 Å². The van der Waals surface area contributed by atoms with E-state index < -0.39 is 35.5 Å². The van der Waals surface area contributed by atoms with Crippen LogP contribution in [0, 0.1) is 0 Å². The quantitative estimate of drug-likeness (QED) is 0.845. The Morgan fingerprint density at radius 1 is 1.23 bits per heavy atom. The molecule has 1 fully saturated rings. The minimum absolute atomic E-state index is 0.644. The number of aliphatic carboxylic acids is 1. The number of rotatable bonds is 4. The molecule has 1 saturated heterocycles. The molecule has 8 heteroatoms. The number of amides is 1. The number of nitrogens with one attached hydrogen (secondary N) is 1. The minimum atomic E-state index is -1.16. The lowest BCUT2D eigenvalue weighted by Crippen LogP contribution is -2.53. The molecule has 2 atom stereocenters. The van der Waals surface area contributed by atoms with Crippen LogP contribution in [0.2, 0.25) is 0 Å². The topological polar surface area (TPSA) is 97.3 Å². The van der Waals surface area contributed by atoms with Crippen LogP contribution < -0.4 is 10.2 Å². The first-order chi connectivity index (χ1) is 11.9. The number of nitrogens with zero attached hydrogens (tertiary/aromatic N) is 1. The highest BCUT2D eigenvalue weighted by molar-refractivity contribution is 5.75. The van der Waals surface area contributed by atoms with Crippen molar-refractivity contribution in [2.24, 2.45) is 0 Å². The predicted molar refractivity (Wildman–Crippen MR) is 93.5 cm³/mol. The summed E-state index contributed by atoms with van der Waals surface area (Å²) in [5.41, 5.74) is 1.57. The fourth-order valence-electron chi connectivity index (χ4n) is 2.82. The summed E-state index contributed by atoms with van der Waals surface area (Å²) in [7, 11) is 1.55. The van der Waals surface area contributed by atoms with Crippen molar-refractivity contribution in [1.29, 1.82) is 0 Å². The van der Waals surface area contributed by atoms with Gasteiger partial charge in [-0.2, -0.15) is 5.01 Å². The molecular weight excluding hydrogens is 340 g/mol. The van der Waals surface area contributed by atoms with Gasteiger partial charge in [-0.05, 0) is 52.3 Å². The number of carbonyl (C=O) groups is 2. The van der Waals surface area contributed by atoms with E-state index in [1.807, 2.05) is 0 Å². The Kier molecular flexibility index (Phi) is 5.48. The molecule has 0 aromatic heterocycles. The lowest BCUT2D eigenvalue weighted by molar-refractivity contribution is -0.156.